The summed E-state index contributed by atoms with van der Waals surface area (Å²) in [6.07, 6.45) is 0. The van der Waals surface area contributed by atoms with Gasteiger partial charge in [-0.3, -0.25) is 4.90 Å². The zero-order valence-corrected chi connectivity index (χ0v) is 16.3. The molecule has 0 spiro atoms. The van der Waals surface area contributed by atoms with E-state index in [2.05, 4.69) is 57.4 Å². The first-order chi connectivity index (χ1) is 13.6. The number of aromatic nitrogens is 4. The van der Waals surface area contributed by atoms with Crippen LogP contribution in [0.1, 0.15) is 22.5 Å². The Morgan fingerprint density at radius 3 is 2.43 bits per heavy atom. The lowest BCUT2D eigenvalue weighted by atomic mass is 10.1. The van der Waals surface area contributed by atoms with Crippen LogP contribution in [0, 0.1) is 19.7 Å². The molecule has 1 aromatic heterocycles. The van der Waals surface area contributed by atoms with Gasteiger partial charge >= 0.3 is 0 Å². The highest BCUT2D eigenvalue weighted by molar-refractivity contribution is 5.55. The first-order valence-corrected chi connectivity index (χ1v) is 9.62. The number of halogens is 1. The third-order valence-electron chi connectivity index (χ3n) is 5.29. The van der Waals surface area contributed by atoms with Gasteiger partial charge in [0.1, 0.15) is 5.82 Å². The van der Waals surface area contributed by atoms with Crippen LogP contribution in [0.5, 0.6) is 0 Å². The average Bonchev–Trinajstić information content (AvgIpc) is 3.13. The Bertz CT molecular complexity index is 928. The Morgan fingerprint density at radius 1 is 0.929 bits per heavy atom. The molecular formula is C21H25FN6. The normalized spacial score (nSPS) is 15.2. The van der Waals surface area contributed by atoms with Crippen molar-refractivity contribution in [3.05, 3.63) is 70.8 Å². The van der Waals surface area contributed by atoms with E-state index in [1.165, 1.54) is 28.9 Å². The monoisotopic (exact) mass is 380 g/mol. The molecule has 146 valence electrons. The summed E-state index contributed by atoms with van der Waals surface area (Å²) in [5.41, 5.74) is 4.93. The van der Waals surface area contributed by atoms with Crippen LogP contribution in [-0.4, -0.2) is 51.3 Å². The first-order valence-electron chi connectivity index (χ1n) is 9.62. The molecule has 7 heteroatoms. The van der Waals surface area contributed by atoms with Gasteiger partial charge in [-0.1, -0.05) is 24.3 Å². The van der Waals surface area contributed by atoms with Gasteiger partial charge in [-0.25, -0.2) is 9.07 Å². The van der Waals surface area contributed by atoms with E-state index in [9.17, 15) is 4.39 Å². The quantitative estimate of drug-likeness (QED) is 0.681. The minimum atomic E-state index is -0.234. The fraction of sp³-hybridized carbons (Fsp3) is 0.381. The number of rotatable bonds is 5. The number of aryl methyl sites for hydroxylation is 2. The number of tetrazole rings is 1. The van der Waals surface area contributed by atoms with E-state index in [1.807, 2.05) is 0 Å². The van der Waals surface area contributed by atoms with Gasteiger partial charge in [0, 0.05) is 31.9 Å². The molecule has 3 aromatic rings. The molecule has 0 atom stereocenters. The molecule has 0 bridgehead atoms. The van der Waals surface area contributed by atoms with Crippen molar-refractivity contribution in [3.8, 4) is 0 Å². The number of hydrogen-bond donors (Lipinski definition) is 0. The van der Waals surface area contributed by atoms with Crippen LogP contribution >= 0.6 is 0 Å². The molecule has 0 saturated carbocycles. The molecule has 1 aliphatic rings. The first kappa shape index (κ1) is 18.6. The number of piperazine rings is 1. The van der Waals surface area contributed by atoms with Crippen molar-refractivity contribution >= 4 is 5.69 Å². The third kappa shape index (κ3) is 4.20. The second-order valence-electron chi connectivity index (χ2n) is 7.43. The number of benzene rings is 2. The summed E-state index contributed by atoms with van der Waals surface area (Å²) < 4.78 is 14.9. The zero-order valence-electron chi connectivity index (χ0n) is 16.3. The summed E-state index contributed by atoms with van der Waals surface area (Å²) in [6.45, 7) is 9.49. The van der Waals surface area contributed by atoms with E-state index in [4.69, 9.17) is 0 Å². The Hall–Kier alpha value is -2.80. The lowest BCUT2D eigenvalue weighted by Crippen LogP contribution is -2.46. The van der Waals surface area contributed by atoms with Crippen molar-refractivity contribution in [2.75, 3.05) is 31.1 Å². The second-order valence-corrected chi connectivity index (χ2v) is 7.43. The van der Waals surface area contributed by atoms with Crippen molar-refractivity contribution in [1.82, 2.24) is 25.1 Å². The molecule has 2 heterocycles. The minimum Gasteiger partial charge on any atom is -0.369 e. The predicted octanol–water partition coefficient (Wildman–Crippen LogP) is 2.80. The molecule has 28 heavy (non-hydrogen) atoms. The third-order valence-corrected chi connectivity index (χ3v) is 5.29. The van der Waals surface area contributed by atoms with E-state index >= 15 is 0 Å². The summed E-state index contributed by atoms with van der Waals surface area (Å²) in [5.74, 6) is 0.604. The lowest BCUT2D eigenvalue weighted by Gasteiger charge is -2.36. The van der Waals surface area contributed by atoms with Gasteiger partial charge in [0.05, 0.1) is 13.1 Å². The maximum absolute atomic E-state index is 13.1. The summed E-state index contributed by atoms with van der Waals surface area (Å²) >= 11 is 0. The fourth-order valence-electron chi connectivity index (χ4n) is 3.63. The molecule has 1 fully saturated rings. The van der Waals surface area contributed by atoms with Gasteiger partial charge in [0.25, 0.3) is 0 Å². The largest absolute Gasteiger partial charge is 0.369 e. The van der Waals surface area contributed by atoms with Gasteiger partial charge in [0.15, 0.2) is 5.82 Å². The van der Waals surface area contributed by atoms with Crippen molar-refractivity contribution in [1.29, 1.82) is 0 Å². The Kier molecular flexibility index (Phi) is 5.34. The van der Waals surface area contributed by atoms with E-state index in [-0.39, 0.29) is 5.82 Å². The second kappa shape index (κ2) is 8.06. The number of hydrogen-bond acceptors (Lipinski definition) is 5. The summed E-state index contributed by atoms with van der Waals surface area (Å²) in [6, 6.07) is 13.1. The number of nitrogens with zero attached hydrogens (tertiary/aromatic N) is 6. The van der Waals surface area contributed by atoms with Gasteiger partial charge in [-0.2, -0.15) is 0 Å². The van der Waals surface area contributed by atoms with Crippen LogP contribution in [0.2, 0.25) is 0 Å². The van der Waals surface area contributed by atoms with Crippen molar-refractivity contribution in [2.45, 2.75) is 26.9 Å². The van der Waals surface area contributed by atoms with Crippen LogP contribution in [0.4, 0.5) is 10.1 Å². The molecule has 0 radical (unpaired) electrons. The predicted molar refractivity (Wildman–Crippen MR) is 107 cm³/mol. The molecule has 1 aliphatic heterocycles. The molecule has 4 rings (SSSR count). The van der Waals surface area contributed by atoms with E-state index in [0.29, 0.717) is 6.54 Å². The molecule has 0 aliphatic carbocycles. The van der Waals surface area contributed by atoms with Crippen LogP contribution < -0.4 is 4.90 Å². The van der Waals surface area contributed by atoms with E-state index in [1.54, 1.807) is 16.8 Å². The Morgan fingerprint density at radius 2 is 1.68 bits per heavy atom. The summed E-state index contributed by atoms with van der Waals surface area (Å²) in [5, 5.41) is 12.1. The molecule has 1 saturated heterocycles. The van der Waals surface area contributed by atoms with E-state index in [0.717, 1.165) is 44.1 Å². The van der Waals surface area contributed by atoms with Crippen LogP contribution in [0.25, 0.3) is 0 Å². The summed E-state index contributed by atoms with van der Waals surface area (Å²) in [7, 11) is 0. The Labute approximate surface area is 164 Å². The molecule has 0 N–H and O–H groups in total. The van der Waals surface area contributed by atoms with Gasteiger partial charge in [-0.15, -0.1) is 5.10 Å². The van der Waals surface area contributed by atoms with Gasteiger partial charge in [0.2, 0.25) is 0 Å². The van der Waals surface area contributed by atoms with E-state index < -0.39 is 0 Å². The van der Waals surface area contributed by atoms with Crippen LogP contribution in [0.15, 0.2) is 42.5 Å². The van der Waals surface area contributed by atoms with Crippen molar-refractivity contribution in [3.63, 3.8) is 0 Å². The molecule has 6 nitrogen and oxygen atoms in total. The SMILES string of the molecule is Cc1ccc(C)c(N2CCN(Cc3nnnn3Cc3ccc(F)cc3)CC2)c1. The van der Waals surface area contributed by atoms with Gasteiger partial charge < -0.3 is 4.90 Å². The zero-order chi connectivity index (χ0) is 19.5. The van der Waals surface area contributed by atoms with Gasteiger partial charge in [-0.05, 0) is 59.2 Å². The highest BCUT2D eigenvalue weighted by Crippen LogP contribution is 2.23. The molecular weight excluding hydrogens is 355 g/mol. The topological polar surface area (TPSA) is 50.1 Å². The molecule has 0 unspecified atom stereocenters. The highest BCUT2D eigenvalue weighted by atomic mass is 19.1. The maximum atomic E-state index is 13.1. The summed E-state index contributed by atoms with van der Waals surface area (Å²) in [4.78, 5) is 4.84. The molecule has 0 amide bonds. The van der Waals surface area contributed by atoms with Crippen molar-refractivity contribution < 1.29 is 4.39 Å². The maximum Gasteiger partial charge on any atom is 0.165 e. The number of anilines is 1. The van der Waals surface area contributed by atoms with Crippen LogP contribution in [0.3, 0.4) is 0 Å². The Balaban J connectivity index is 1.37. The lowest BCUT2D eigenvalue weighted by molar-refractivity contribution is 0.240. The standard InChI is InChI=1S/C21H25FN6/c1-16-3-4-17(2)20(13-16)27-11-9-26(10-12-27)15-21-23-24-25-28(21)14-18-5-7-19(22)8-6-18/h3-8,13H,9-12,14-15H2,1-2H3. The smallest absolute Gasteiger partial charge is 0.165 e. The van der Waals surface area contributed by atoms with Crippen LogP contribution in [-0.2, 0) is 13.1 Å². The minimum absolute atomic E-state index is 0.234. The molecule has 2 aromatic carbocycles. The fourth-order valence-corrected chi connectivity index (χ4v) is 3.63. The van der Waals surface area contributed by atoms with Crippen molar-refractivity contribution in [2.24, 2.45) is 0 Å². The highest BCUT2D eigenvalue weighted by Gasteiger charge is 2.20. The average molecular weight is 380 g/mol.